The first-order valence-electron chi connectivity index (χ1n) is 3.96. The number of fused-ring (bicyclic) bond motifs is 1. The zero-order valence-corrected chi connectivity index (χ0v) is 7.51. The number of ether oxygens (including phenoxy) is 1. The number of hydrogen-bond donors (Lipinski definition) is 1. The van der Waals surface area contributed by atoms with Gasteiger partial charge in [-0.1, -0.05) is 12.1 Å². The van der Waals surface area contributed by atoms with Crippen LogP contribution in [0.2, 0.25) is 0 Å². The van der Waals surface area contributed by atoms with Gasteiger partial charge in [-0.2, -0.15) is 0 Å². The van der Waals surface area contributed by atoms with Gasteiger partial charge in [0, 0.05) is 16.7 Å². The molecule has 0 bridgehead atoms. The normalized spacial score (nSPS) is 22.2. The monoisotopic (exact) mass is 181 g/mol. The zero-order chi connectivity index (χ0) is 8.39. The summed E-state index contributed by atoms with van der Waals surface area (Å²) in [5.41, 5.74) is 5.77. The van der Waals surface area contributed by atoms with E-state index in [-0.39, 0.29) is 6.04 Å². The number of nitrogens with two attached hydrogens (primary N) is 1. The fourth-order valence-electron chi connectivity index (χ4n) is 1.13. The molecule has 1 atom stereocenters. The molecule has 0 fully saturated rings. The minimum absolute atomic E-state index is 0.155. The number of benzene rings is 1. The van der Waals surface area contributed by atoms with Gasteiger partial charge in [0.15, 0.2) is 0 Å². The Kier molecular flexibility index (Phi) is 2.23. The van der Waals surface area contributed by atoms with E-state index in [1.165, 1.54) is 4.90 Å². The number of para-hydroxylation sites is 1. The predicted molar refractivity (Wildman–Crippen MR) is 50.6 cm³/mol. The summed E-state index contributed by atoms with van der Waals surface area (Å²) < 4.78 is 5.51. The first kappa shape index (κ1) is 7.95. The van der Waals surface area contributed by atoms with Crippen molar-refractivity contribution < 1.29 is 4.74 Å². The maximum atomic E-state index is 5.77. The number of thioether (sulfide) groups is 1. The Labute approximate surface area is 76.1 Å². The molecule has 2 N–H and O–H groups in total. The Morgan fingerprint density at radius 2 is 2.25 bits per heavy atom. The van der Waals surface area contributed by atoms with Gasteiger partial charge in [-0.05, 0) is 12.1 Å². The summed E-state index contributed by atoms with van der Waals surface area (Å²) in [6, 6.07) is 8.21. The van der Waals surface area contributed by atoms with Gasteiger partial charge in [0.25, 0.3) is 0 Å². The van der Waals surface area contributed by atoms with Crippen molar-refractivity contribution in [2.45, 2.75) is 10.9 Å². The van der Waals surface area contributed by atoms with Crippen LogP contribution in [0, 0.1) is 0 Å². The van der Waals surface area contributed by atoms with Gasteiger partial charge in [0.05, 0.1) is 0 Å². The van der Waals surface area contributed by atoms with Crippen molar-refractivity contribution in [3.05, 3.63) is 24.3 Å². The van der Waals surface area contributed by atoms with Crippen LogP contribution in [-0.4, -0.2) is 18.4 Å². The second kappa shape index (κ2) is 3.37. The highest BCUT2D eigenvalue weighted by molar-refractivity contribution is 7.99. The Hall–Kier alpha value is -0.670. The van der Waals surface area contributed by atoms with E-state index in [0.29, 0.717) is 6.61 Å². The fourth-order valence-corrected chi connectivity index (χ4v) is 2.06. The molecule has 2 rings (SSSR count). The maximum Gasteiger partial charge on any atom is 0.132 e. The standard InChI is InChI=1S/C9H11NOS/c10-7-5-11-8-3-1-2-4-9(8)12-6-7/h1-4,7H,5-6,10H2. The summed E-state index contributed by atoms with van der Waals surface area (Å²) in [4.78, 5) is 1.20. The second-order valence-electron chi connectivity index (χ2n) is 2.83. The average molecular weight is 181 g/mol. The number of hydrogen-bond acceptors (Lipinski definition) is 3. The van der Waals surface area contributed by atoms with Gasteiger partial charge in [0.2, 0.25) is 0 Å². The molecule has 2 nitrogen and oxygen atoms in total. The van der Waals surface area contributed by atoms with Crippen molar-refractivity contribution in [2.75, 3.05) is 12.4 Å². The van der Waals surface area contributed by atoms with Gasteiger partial charge in [-0.25, -0.2) is 0 Å². The van der Waals surface area contributed by atoms with Crippen LogP contribution in [0.1, 0.15) is 0 Å². The molecule has 1 unspecified atom stereocenters. The Bertz CT molecular complexity index is 250. The molecule has 0 saturated heterocycles. The molecule has 0 aliphatic carbocycles. The quantitative estimate of drug-likeness (QED) is 0.658. The smallest absolute Gasteiger partial charge is 0.132 e. The van der Waals surface area contributed by atoms with Crippen LogP contribution in [0.3, 0.4) is 0 Å². The van der Waals surface area contributed by atoms with Gasteiger partial charge in [-0.3, -0.25) is 0 Å². The molecular formula is C9H11NOS. The number of rotatable bonds is 0. The Balaban J connectivity index is 2.26. The van der Waals surface area contributed by atoms with E-state index in [0.717, 1.165) is 11.5 Å². The van der Waals surface area contributed by atoms with Crippen LogP contribution in [0.5, 0.6) is 5.75 Å². The highest BCUT2D eigenvalue weighted by Gasteiger charge is 2.13. The highest BCUT2D eigenvalue weighted by atomic mass is 32.2. The molecule has 0 amide bonds. The van der Waals surface area contributed by atoms with E-state index < -0.39 is 0 Å². The zero-order valence-electron chi connectivity index (χ0n) is 6.69. The molecule has 0 radical (unpaired) electrons. The maximum absolute atomic E-state index is 5.77. The lowest BCUT2D eigenvalue weighted by molar-refractivity contribution is 0.295. The third-order valence-corrected chi connectivity index (χ3v) is 3.00. The third kappa shape index (κ3) is 1.57. The van der Waals surface area contributed by atoms with Crippen molar-refractivity contribution in [1.29, 1.82) is 0 Å². The molecule has 1 aliphatic heterocycles. The summed E-state index contributed by atoms with van der Waals surface area (Å²) in [5, 5.41) is 0. The minimum Gasteiger partial charge on any atom is -0.491 e. The molecular weight excluding hydrogens is 170 g/mol. The molecule has 1 aliphatic rings. The van der Waals surface area contributed by atoms with Crippen LogP contribution in [0.4, 0.5) is 0 Å². The van der Waals surface area contributed by atoms with Crippen LogP contribution < -0.4 is 10.5 Å². The fraction of sp³-hybridized carbons (Fsp3) is 0.333. The molecule has 64 valence electrons. The lowest BCUT2D eigenvalue weighted by Crippen LogP contribution is -2.28. The van der Waals surface area contributed by atoms with E-state index in [9.17, 15) is 0 Å². The first-order valence-corrected chi connectivity index (χ1v) is 4.95. The minimum atomic E-state index is 0.155. The van der Waals surface area contributed by atoms with Crippen molar-refractivity contribution in [3.63, 3.8) is 0 Å². The van der Waals surface area contributed by atoms with Crippen molar-refractivity contribution in [3.8, 4) is 5.75 Å². The van der Waals surface area contributed by atoms with Crippen molar-refractivity contribution in [2.24, 2.45) is 5.73 Å². The summed E-state index contributed by atoms with van der Waals surface area (Å²) in [6.45, 7) is 0.629. The molecule has 1 aromatic carbocycles. The van der Waals surface area contributed by atoms with Crippen molar-refractivity contribution >= 4 is 11.8 Å². The molecule has 0 aromatic heterocycles. The highest BCUT2D eigenvalue weighted by Crippen LogP contribution is 2.31. The van der Waals surface area contributed by atoms with Gasteiger partial charge in [-0.15, -0.1) is 11.8 Å². The molecule has 1 aromatic rings. The SMILES string of the molecule is NC1COc2ccccc2SC1. The largest absolute Gasteiger partial charge is 0.491 e. The van der Waals surface area contributed by atoms with E-state index in [1.54, 1.807) is 11.8 Å². The molecule has 12 heavy (non-hydrogen) atoms. The molecule has 0 saturated carbocycles. The van der Waals surface area contributed by atoms with E-state index in [1.807, 2.05) is 18.2 Å². The van der Waals surface area contributed by atoms with E-state index >= 15 is 0 Å². The summed E-state index contributed by atoms with van der Waals surface area (Å²) in [6.07, 6.45) is 0. The van der Waals surface area contributed by atoms with Gasteiger partial charge >= 0.3 is 0 Å². The third-order valence-electron chi connectivity index (χ3n) is 1.75. The Morgan fingerprint density at radius 3 is 3.17 bits per heavy atom. The predicted octanol–water partition coefficient (Wildman–Crippen LogP) is 1.50. The summed E-state index contributed by atoms with van der Waals surface area (Å²) in [7, 11) is 0. The van der Waals surface area contributed by atoms with Crippen LogP contribution >= 0.6 is 11.8 Å². The van der Waals surface area contributed by atoms with Gasteiger partial charge in [0.1, 0.15) is 12.4 Å². The molecule has 0 spiro atoms. The summed E-state index contributed by atoms with van der Waals surface area (Å²) in [5.74, 6) is 1.91. The second-order valence-corrected chi connectivity index (χ2v) is 3.89. The summed E-state index contributed by atoms with van der Waals surface area (Å²) >= 11 is 1.77. The molecule has 1 heterocycles. The topological polar surface area (TPSA) is 35.2 Å². The van der Waals surface area contributed by atoms with E-state index in [2.05, 4.69) is 6.07 Å². The first-order chi connectivity index (χ1) is 5.86. The lowest BCUT2D eigenvalue weighted by atomic mass is 10.3. The van der Waals surface area contributed by atoms with Crippen LogP contribution in [0.15, 0.2) is 29.2 Å². The van der Waals surface area contributed by atoms with Crippen LogP contribution in [-0.2, 0) is 0 Å². The van der Waals surface area contributed by atoms with E-state index in [4.69, 9.17) is 10.5 Å². The molecule has 3 heteroatoms. The van der Waals surface area contributed by atoms with Crippen LogP contribution in [0.25, 0.3) is 0 Å². The lowest BCUT2D eigenvalue weighted by Gasteiger charge is -2.06. The average Bonchev–Trinajstić information content (AvgIpc) is 2.29. The van der Waals surface area contributed by atoms with Gasteiger partial charge < -0.3 is 10.5 Å². The Morgan fingerprint density at radius 1 is 1.42 bits per heavy atom. The van der Waals surface area contributed by atoms with Crippen molar-refractivity contribution in [1.82, 2.24) is 0 Å².